The number of aryl methyl sites for hydroxylation is 1. The van der Waals surface area contributed by atoms with E-state index in [9.17, 15) is 4.79 Å². The van der Waals surface area contributed by atoms with E-state index >= 15 is 0 Å². The van der Waals surface area contributed by atoms with E-state index in [1.54, 1.807) is 6.07 Å². The maximum absolute atomic E-state index is 13.1. The summed E-state index contributed by atoms with van der Waals surface area (Å²) in [4.78, 5) is 21.2. The lowest BCUT2D eigenvalue weighted by molar-refractivity contribution is 0.0501. The number of allylic oxidation sites excluding steroid dienone is 1. The summed E-state index contributed by atoms with van der Waals surface area (Å²) in [6.45, 7) is 1.99. The van der Waals surface area contributed by atoms with Gasteiger partial charge in [-0.1, -0.05) is 13.0 Å². The van der Waals surface area contributed by atoms with Gasteiger partial charge >= 0.3 is 0 Å². The zero-order chi connectivity index (χ0) is 21.2. The van der Waals surface area contributed by atoms with Crippen LogP contribution in [0.15, 0.2) is 35.6 Å². The van der Waals surface area contributed by atoms with Crippen molar-refractivity contribution < 1.29 is 19.0 Å². The highest BCUT2D eigenvalue weighted by Gasteiger charge is 2.21. The lowest BCUT2D eigenvalue weighted by atomic mass is 10.0. The summed E-state index contributed by atoms with van der Waals surface area (Å²) in [7, 11) is 3.03. The molecule has 0 saturated heterocycles. The van der Waals surface area contributed by atoms with Gasteiger partial charge in [0.1, 0.15) is 28.9 Å². The largest absolute Gasteiger partial charge is 0.496 e. The lowest BCUT2D eigenvalue weighted by Crippen LogP contribution is -2.10. The number of anilines is 1. The summed E-state index contributed by atoms with van der Waals surface area (Å²) in [6.07, 6.45) is 6.75. The highest BCUT2D eigenvalue weighted by Crippen LogP contribution is 2.34. The van der Waals surface area contributed by atoms with Crippen molar-refractivity contribution in [3.8, 4) is 17.6 Å². The van der Waals surface area contributed by atoms with Crippen LogP contribution in [0, 0.1) is 11.3 Å². The molecule has 8 nitrogen and oxygen atoms in total. The number of hydrogen-bond acceptors (Lipinski definition) is 9. The topological polar surface area (TPSA) is 106 Å². The summed E-state index contributed by atoms with van der Waals surface area (Å²) in [5.74, 6) is 0.978. The van der Waals surface area contributed by atoms with Gasteiger partial charge in [-0.15, -0.1) is 11.8 Å². The van der Waals surface area contributed by atoms with Crippen LogP contribution in [0.2, 0.25) is 0 Å². The predicted molar refractivity (Wildman–Crippen MR) is 111 cm³/mol. The quantitative estimate of drug-likeness (QED) is 0.355. The van der Waals surface area contributed by atoms with E-state index in [0.29, 0.717) is 34.3 Å². The highest BCUT2D eigenvalue weighted by molar-refractivity contribution is 8.02. The molecule has 29 heavy (non-hydrogen) atoms. The molecular formula is C20H22N4O4S. The van der Waals surface area contributed by atoms with Gasteiger partial charge in [-0.2, -0.15) is 5.26 Å². The van der Waals surface area contributed by atoms with Gasteiger partial charge in [0.25, 0.3) is 0 Å². The second-order valence-corrected chi connectivity index (χ2v) is 6.48. The Bertz CT molecular complexity index is 923. The average molecular weight is 414 g/mol. The van der Waals surface area contributed by atoms with Crippen molar-refractivity contribution in [3.63, 3.8) is 0 Å². The molecule has 0 aliphatic carbocycles. The normalized spacial score (nSPS) is 10.9. The van der Waals surface area contributed by atoms with E-state index in [4.69, 9.17) is 19.5 Å². The summed E-state index contributed by atoms with van der Waals surface area (Å²) in [5, 5.41) is 12.4. The number of ketones is 1. The van der Waals surface area contributed by atoms with Crippen LogP contribution in [-0.4, -0.2) is 43.0 Å². The predicted octanol–water partition coefficient (Wildman–Crippen LogP) is 3.40. The number of nitrogens with zero attached hydrogens (tertiary/aromatic N) is 3. The molecule has 0 saturated carbocycles. The van der Waals surface area contributed by atoms with Gasteiger partial charge in [-0.05, 0) is 24.3 Å². The standard InChI is InChI=1S/C20H22N4O4S/c1-5-13-6-7-16(28-12-26-2)19(20(13)27-3)15(25)8-18(29-4)24-17-11-22-14(9-21)10-23-17/h6-8,10-11H,5,12H2,1-4H3,(H,23,24)/b18-8-. The molecule has 0 spiro atoms. The molecule has 0 bridgehead atoms. The van der Waals surface area contributed by atoms with Crippen LogP contribution < -0.4 is 14.8 Å². The molecular weight excluding hydrogens is 392 g/mol. The number of benzene rings is 1. The third kappa shape index (κ3) is 5.70. The minimum absolute atomic E-state index is 0.00703. The van der Waals surface area contributed by atoms with E-state index in [1.165, 1.54) is 44.5 Å². The molecule has 2 rings (SSSR count). The van der Waals surface area contributed by atoms with Crippen LogP contribution in [0.5, 0.6) is 11.5 Å². The Labute approximate surface area is 173 Å². The fraction of sp³-hybridized carbons (Fsp3) is 0.300. The number of hydrogen-bond donors (Lipinski definition) is 1. The molecule has 0 fully saturated rings. The molecule has 1 N–H and O–H groups in total. The molecule has 0 unspecified atom stereocenters. The van der Waals surface area contributed by atoms with E-state index in [2.05, 4.69) is 15.3 Å². The Hall–Kier alpha value is -3.09. The first-order chi connectivity index (χ1) is 14.1. The molecule has 2 aromatic rings. The zero-order valence-electron chi connectivity index (χ0n) is 16.7. The number of ether oxygens (including phenoxy) is 3. The summed E-state index contributed by atoms with van der Waals surface area (Å²) < 4.78 is 16.1. The van der Waals surface area contributed by atoms with Crippen molar-refractivity contribution >= 4 is 23.4 Å². The van der Waals surface area contributed by atoms with Crippen LogP contribution >= 0.6 is 11.8 Å². The Kier molecular flexibility index (Phi) is 8.45. The van der Waals surface area contributed by atoms with Gasteiger partial charge in [0, 0.05) is 13.2 Å². The van der Waals surface area contributed by atoms with Crippen LogP contribution in [-0.2, 0) is 11.2 Å². The summed E-state index contributed by atoms with van der Waals surface area (Å²) in [6, 6.07) is 5.51. The molecule has 9 heteroatoms. The number of carbonyl (C=O) groups is 1. The first-order valence-electron chi connectivity index (χ1n) is 8.68. The maximum Gasteiger partial charge on any atom is 0.195 e. The number of thioether (sulfide) groups is 1. The van der Waals surface area contributed by atoms with Gasteiger partial charge < -0.3 is 19.5 Å². The average Bonchev–Trinajstić information content (AvgIpc) is 2.76. The molecule has 1 aromatic heterocycles. The summed E-state index contributed by atoms with van der Waals surface area (Å²) in [5.41, 5.74) is 1.43. The van der Waals surface area contributed by atoms with Crippen LogP contribution in [0.1, 0.15) is 28.5 Å². The van der Waals surface area contributed by atoms with Crippen molar-refractivity contribution in [3.05, 3.63) is 52.5 Å². The van der Waals surface area contributed by atoms with Gasteiger partial charge in [0.2, 0.25) is 0 Å². The van der Waals surface area contributed by atoms with E-state index in [0.717, 1.165) is 5.56 Å². The number of nitrogens with one attached hydrogen (secondary N) is 1. The Balaban J connectivity index is 2.40. The van der Waals surface area contributed by atoms with Gasteiger partial charge in [-0.25, -0.2) is 9.97 Å². The van der Waals surface area contributed by atoms with Crippen LogP contribution in [0.3, 0.4) is 0 Å². The smallest absolute Gasteiger partial charge is 0.195 e. The van der Waals surface area contributed by atoms with Crippen LogP contribution in [0.4, 0.5) is 5.82 Å². The van der Waals surface area contributed by atoms with Crippen molar-refractivity contribution in [2.45, 2.75) is 13.3 Å². The van der Waals surface area contributed by atoms with Crippen molar-refractivity contribution in [2.75, 3.05) is 32.6 Å². The monoisotopic (exact) mass is 414 g/mol. The fourth-order valence-electron chi connectivity index (χ4n) is 2.51. The SMILES string of the molecule is CCc1ccc(OCOC)c(C(=O)/C=C(/Nc2cnc(C#N)cn2)SC)c1OC. The van der Waals surface area contributed by atoms with Crippen molar-refractivity contribution in [1.29, 1.82) is 5.26 Å². The Morgan fingerprint density at radius 3 is 2.66 bits per heavy atom. The van der Waals surface area contributed by atoms with Gasteiger partial charge in [0.15, 0.2) is 18.3 Å². The number of nitriles is 1. The maximum atomic E-state index is 13.1. The molecule has 1 aromatic carbocycles. The van der Waals surface area contributed by atoms with E-state index in [-0.39, 0.29) is 18.3 Å². The summed E-state index contributed by atoms with van der Waals surface area (Å²) >= 11 is 1.33. The molecule has 0 amide bonds. The second kappa shape index (κ2) is 11.0. The molecule has 0 aliphatic rings. The first-order valence-corrected chi connectivity index (χ1v) is 9.91. The fourth-order valence-corrected chi connectivity index (χ4v) is 2.94. The molecule has 0 aliphatic heterocycles. The lowest BCUT2D eigenvalue weighted by Gasteiger charge is -2.16. The number of carbonyl (C=O) groups excluding carboxylic acids is 1. The van der Waals surface area contributed by atoms with Crippen molar-refractivity contribution in [1.82, 2.24) is 9.97 Å². The van der Waals surface area contributed by atoms with Crippen molar-refractivity contribution in [2.24, 2.45) is 0 Å². The van der Waals surface area contributed by atoms with Crippen LogP contribution in [0.25, 0.3) is 0 Å². The van der Waals surface area contributed by atoms with E-state index < -0.39 is 0 Å². The number of rotatable bonds is 10. The minimum Gasteiger partial charge on any atom is -0.496 e. The minimum atomic E-state index is -0.290. The molecule has 152 valence electrons. The molecule has 1 heterocycles. The third-order valence-electron chi connectivity index (χ3n) is 3.86. The zero-order valence-corrected chi connectivity index (χ0v) is 17.5. The van der Waals surface area contributed by atoms with E-state index in [1.807, 2.05) is 25.3 Å². The van der Waals surface area contributed by atoms with Gasteiger partial charge in [0.05, 0.1) is 24.5 Å². The first kappa shape index (κ1) is 22.2. The molecule has 0 atom stereocenters. The highest BCUT2D eigenvalue weighted by atomic mass is 32.2. The van der Waals surface area contributed by atoms with Gasteiger partial charge in [-0.3, -0.25) is 4.79 Å². The number of aromatic nitrogens is 2. The molecule has 0 radical (unpaired) electrons. The number of methoxy groups -OCH3 is 2. The third-order valence-corrected chi connectivity index (χ3v) is 4.52. The Morgan fingerprint density at radius 1 is 1.31 bits per heavy atom. The second-order valence-electron chi connectivity index (χ2n) is 5.64. The Morgan fingerprint density at radius 2 is 2.10 bits per heavy atom.